The number of aryl methyl sites for hydroxylation is 1. The summed E-state index contributed by atoms with van der Waals surface area (Å²) < 4.78 is 28.8. The van der Waals surface area contributed by atoms with Gasteiger partial charge in [0, 0.05) is 23.5 Å². The molecule has 0 atom stereocenters. The van der Waals surface area contributed by atoms with Gasteiger partial charge in [0.2, 0.25) is 5.96 Å². The fourth-order valence-electron chi connectivity index (χ4n) is 3.24. The number of rotatable bonds is 6. The van der Waals surface area contributed by atoms with E-state index in [0.29, 0.717) is 28.3 Å². The molecule has 0 saturated heterocycles. The van der Waals surface area contributed by atoms with E-state index in [4.69, 9.17) is 11.5 Å². The number of hydrogen-bond acceptors (Lipinski definition) is 7. The Kier molecular flexibility index (Phi) is 6.46. The van der Waals surface area contributed by atoms with Gasteiger partial charge in [0.25, 0.3) is 15.9 Å². The Hall–Kier alpha value is -4.71. The number of nitrogens with two attached hydrogens (primary N) is 2. The van der Waals surface area contributed by atoms with Gasteiger partial charge in [0.15, 0.2) is 0 Å². The van der Waals surface area contributed by atoms with Gasteiger partial charge < -0.3 is 11.5 Å². The summed E-state index contributed by atoms with van der Waals surface area (Å²) in [7, 11) is -4.02. The average molecular weight is 489 g/mol. The van der Waals surface area contributed by atoms with Crippen LogP contribution in [0.2, 0.25) is 0 Å². The number of guanidine groups is 1. The topological polar surface area (TPSA) is 171 Å². The monoisotopic (exact) mass is 488 g/mol. The van der Waals surface area contributed by atoms with Gasteiger partial charge >= 0.3 is 0 Å². The molecule has 0 saturated carbocycles. The summed E-state index contributed by atoms with van der Waals surface area (Å²) in [6.45, 7) is 1.72. The molecule has 0 spiro atoms. The second-order valence-corrected chi connectivity index (χ2v) is 8.89. The molecule has 35 heavy (non-hydrogen) atoms. The van der Waals surface area contributed by atoms with Gasteiger partial charge in [-0.05, 0) is 43.3 Å². The first-order chi connectivity index (χ1) is 16.8. The molecular weight excluding hydrogens is 468 g/mol. The Labute approximate surface area is 200 Å². The van der Waals surface area contributed by atoms with Gasteiger partial charge in [-0.3, -0.25) is 9.78 Å². The minimum atomic E-state index is -4.02. The maximum Gasteiger partial charge on any atom is 0.285 e. The molecular formula is C23H20N8O3S. The predicted molar refractivity (Wildman–Crippen MR) is 130 cm³/mol. The third-order valence-electron chi connectivity index (χ3n) is 4.82. The van der Waals surface area contributed by atoms with Gasteiger partial charge in [-0.1, -0.05) is 30.3 Å². The van der Waals surface area contributed by atoms with Crippen molar-refractivity contribution in [2.45, 2.75) is 11.8 Å². The van der Waals surface area contributed by atoms with E-state index in [9.17, 15) is 13.2 Å². The fraction of sp³-hybridized carbons (Fsp3) is 0.0435. The molecule has 4 N–H and O–H groups in total. The van der Waals surface area contributed by atoms with Crippen LogP contribution in [0.15, 0.2) is 98.6 Å². The molecule has 0 aliphatic heterocycles. The molecule has 4 rings (SSSR count). The van der Waals surface area contributed by atoms with Crippen LogP contribution in [-0.2, 0) is 10.0 Å². The van der Waals surface area contributed by atoms with Gasteiger partial charge in [-0.15, -0.1) is 9.51 Å². The molecule has 4 aromatic rings. The van der Waals surface area contributed by atoms with Crippen molar-refractivity contribution >= 4 is 33.3 Å². The Morgan fingerprint density at radius 1 is 0.914 bits per heavy atom. The number of nitrogens with zero attached hydrogens (tertiary/aromatic N) is 6. The highest BCUT2D eigenvalue weighted by molar-refractivity contribution is 7.90. The van der Waals surface area contributed by atoms with E-state index in [0.717, 1.165) is 5.56 Å². The molecule has 11 nitrogen and oxygen atoms in total. The van der Waals surface area contributed by atoms with Crippen LogP contribution in [0.3, 0.4) is 0 Å². The Bertz CT molecular complexity index is 1530. The highest BCUT2D eigenvalue weighted by Gasteiger charge is 2.22. The number of sulfonamides is 1. The van der Waals surface area contributed by atoms with Gasteiger partial charge in [-0.25, -0.2) is 0 Å². The zero-order valence-electron chi connectivity index (χ0n) is 18.5. The lowest BCUT2D eigenvalue weighted by Crippen LogP contribution is -2.24. The van der Waals surface area contributed by atoms with Crippen LogP contribution in [0.1, 0.15) is 16.1 Å². The summed E-state index contributed by atoms with van der Waals surface area (Å²) in [6.07, 6.45) is 3.06. The molecule has 0 radical (unpaired) electrons. The van der Waals surface area contributed by atoms with Crippen molar-refractivity contribution in [3.05, 3.63) is 90.4 Å². The summed E-state index contributed by atoms with van der Waals surface area (Å²) in [5.74, 6) is -0.902. The van der Waals surface area contributed by atoms with E-state index in [1.54, 1.807) is 19.1 Å². The van der Waals surface area contributed by atoms with Gasteiger partial charge in [0.1, 0.15) is 11.4 Å². The second kappa shape index (κ2) is 9.65. The summed E-state index contributed by atoms with van der Waals surface area (Å²) in [6, 6.07) is 18.0. The van der Waals surface area contributed by atoms with Crippen molar-refractivity contribution in [3.63, 3.8) is 0 Å². The van der Waals surface area contributed by atoms with E-state index < -0.39 is 16.0 Å². The summed E-state index contributed by atoms with van der Waals surface area (Å²) >= 11 is 0. The van der Waals surface area contributed by atoms with Gasteiger partial charge in [0.05, 0.1) is 16.3 Å². The van der Waals surface area contributed by atoms with Crippen LogP contribution in [0.25, 0.3) is 11.3 Å². The molecule has 176 valence electrons. The van der Waals surface area contributed by atoms with Crippen molar-refractivity contribution in [2.75, 3.05) is 0 Å². The van der Waals surface area contributed by atoms with Crippen LogP contribution in [0.4, 0.5) is 11.4 Å². The largest absolute Gasteiger partial charge is 0.369 e. The van der Waals surface area contributed by atoms with Crippen LogP contribution >= 0.6 is 0 Å². The van der Waals surface area contributed by atoms with E-state index in [1.807, 2.05) is 30.3 Å². The maximum atomic E-state index is 13.2. The fourth-order valence-corrected chi connectivity index (χ4v) is 4.10. The van der Waals surface area contributed by atoms with Crippen LogP contribution in [0, 0.1) is 6.92 Å². The normalized spacial score (nSPS) is 11.5. The second-order valence-electron chi connectivity index (χ2n) is 7.29. The van der Waals surface area contributed by atoms with Crippen molar-refractivity contribution in [1.82, 2.24) is 14.8 Å². The SMILES string of the molecule is Cc1nn(C(=O)c2ccncc2)c(-c2ccccc2)c1N=Nc1ccc(S(=O)(=O)N=C(N)N)cc1. The Morgan fingerprint density at radius 3 is 2.20 bits per heavy atom. The number of pyridine rings is 1. The molecule has 2 aromatic carbocycles. The molecule has 2 heterocycles. The summed E-state index contributed by atoms with van der Waals surface area (Å²) in [5, 5.41) is 13.0. The molecule has 12 heteroatoms. The predicted octanol–water partition coefficient (Wildman–Crippen LogP) is 3.32. The zero-order chi connectivity index (χ0) is 25.0. The first kappa shape index (κ1) is 23.4. The lowest BCUT2D eigenvalue weighted by Gasteiger charge is -2.07. The highest BCUT2D eigenvalue weighted by atomic mass is 32.2. The molecule has 2 aromatic heterocycles. The number of azo groups is 1. The quantitative estimate of drug-likeness (QED) is 0.238. The number of carbonyl (C=O) groups is 1. The van der Waals surface area contributed by atoms with E-state index in [2.05, 4.69) is 24.7 Å². The smallest absolute Gasteiger partial charge is 0.285 e. The molecule has 0 amide bonds. The van der Waals surface area contributed by atoms with Crippen LogP contribution in [0.5, 0.6) is 0 Å². The third kappa shape index (κ3) is 5.12. The molecule has 0 bridgehead atoms. The lowest BCUT2D eigenvalue weighted by molar-refractivity contribution is 0.0946. The number of benzene rings is 2. The molecule has 0 fully saturated rings. The molecule has 0 unspecified atom stereocenters. The maximum absolute atomic E-state index is 13.2. The van der Waals surface area contributed by atoms with E-state index in [-0.39, 0.29) is 10.8 Å². The highest BCUT2D eigenvalue weighted by Crippen LogP contribution is 2.35. The number of hydrogen-bond donors (Lipinski definition) is 2. The lowest BCUT2D eigenvalue weighted by atomic mass is 10.1. The van der Waals surface area contributed by atoms with E-state index >= 15 is 0 Å². The Morgan fingerprint density at radius 2 is 1.57 bits per heavy atom. The van der Waals surface area contributed by atoms with Crippen LogP contribution in [-0.4, -0.2) is 35.0 Å². The summed E-state index contributed by atoms with van der Waals surface area (Å²) in [4.78, 5) is 17.1. The van der Waals surface area contributed by atoms with Gasteiger partial charge in [-0.2, -0.15) is 23.3 Å². The minimum absolute atomic E-state index is 0.0956. The van der Waals surface area contributed by atoms with Crippen molar-refractivity contribution in [3.8, 4) is 11.3 Å². The minimum Gasteiger partial charge on any atom is -0.369 e. The molecule has 0 aliphatic rings. The zero-order valence-corrected chi connectivity index (χ0v) is 19.3. The third-order valence-corrected chi connectivity index (χ3v) is 6.14. The molecule has 0 aliphatic carbocycles. The number of aromatic nitrogens is 3. The van der Waals surface area contributed by atoms with Crippen molar-refractivity contribution in [2.24, 2.45) is 26.1 Å². The van der Waals surface area contributed by atoms with Crippen molar-refractivity contribution in [1.29, 1.82) is 0 Å². The average Bonchev–Trinajstić information content (AvgIpc) is 3.18. The van der Waals surface area contributed by atoms with Crippen LogP contribution < -0.4 is 11.5 Å². The first-order valence-electron chi connectivity index (χ1n) is 10.2. The summed E-state index contributed by atoms with van der Waals surface area (Å²) in [5.41, 5.74) is 13.2. The first-order valence-corrected chi connectivity index (χ1v) is 11.7. The number of carbonyl (C=O) groups excluding carboxylic acids is 1. The van der Waals surface area contributed by atoms with E-state index in [1.165, 1.54) is 41.3 Å². The van der Waals surface area contributed by atoms with Crippen molar-refractivity contribution < 1.29 is 13.2 Å². The standard InChI is InChI=1S/C23H20N8O3S/c1-15-20(28-27-18-7-9-19(10-8-18)35(33,34)30-23(24)25)21(16-5-3-2-4-6-16)31(29-15)22(32)17-11-13-26-14-12-17/h2-14H,1H3,(H4,24,25,30). The Balaban J connectivity index is 1.74.